The van der Waals surface area contributed by atoms with E-state index in [1.165, 1.54) is 25.5 Å². The molecular formula is C22H19BrN2O5S. The molecule has 7 nitrogen and oxygen atoms in total. The number of benzene rings is 3. The minimum absolute atomic E-state index is 0.109. The van der Waals surface area contributed by atoms with Gasteiger partial charge in [-0.05, 0) is 64.8 Å². The van der Waals surface area contributed by atoms with Crippen LogP contribution in [-0.4, -0.2) is 27.7 Å². The maximum atomic E-state index is 12.4. The number of hydrogen-bond acceptors (Lipinski definition) is 6. The van der Waals surface area contributed by atoms with Crippen molar-refractivity contribution in [3.8, 4) is 11.5 Å². The van der Waals surface area contributed by atoms with Crippen LogP contribution in [0.3, 0.4) is 0 Å². The number of ether oxygens (including phenoxy) is 2. The lowest BCUT2D eigenvalue weighted by atomic mass is 10.2. The summed E-state index contributed by atoms with van der Waals surface area (Å²) in [5.74, 6) is -0.0536. The summed E-state index contributed by atoms with van der Waals surface area (Å²) in [6.07, 6.45) is 1.32. The van der Waals surface area contributed by atoms with Gasteiger partial charge in [0.1, 0.15) is 0 Å². The Morgan fingerprint density at radius 1 is 1.06 bits per heavy atom. The number of hydrazone groups is 1. The van der Waals surface area contributed by atoms with E-state index >= 15 is 0 Å². The normalized spacial score (nSPS) is 11.3. The predicted octanol–water partition coefficient (Wildman–Crippen LogP) is 4.30. The molecule has 0 saturated heterocycles. The van der Waals surface area contributed by atoms with Crippen LogP contribution >= 0.6 is 15.9 Å². The van der Waals surface area contributed by atoms with E-state index in [0.717, 1.165) is 5.56 Å². The maximum absolute atomic E-state index is 12.4. The number of carbonyl (C=O) groups is 1. The zero-order valence-electron chi connectivity index (χ0n) is 16.7. The molecule has 0 unspecified atom stereocenters. The summed E-state index contributed by atoms with van der Waals surface area (Å²) in [5.41, 5.74) is 1.87. The molecule has 0 saturated carbocycles. The smallest absolute Gasteiger partial charge is 0.343 e. The minimum Gasteiger partial charge on any atom is -0.493 e. The van der Waals surface area contributed by atoms with E-state index in [1.54, 1.807) is 54.6 Å². The van der Waals surface area contributed by atoms with Crippen LogP contribution in [0.25, 0.3) is 0 Å². The third-order valence-electron chi connectivity index (χ3n) is 4.17. The molecule has 3 rings (SSSR count). The van der Waals surface area contributed by atoms with Crippen molar-refractivity contribution in [2.75, 3.05) is 7.11 Å². The van der Waals surface area contributed by atoms with Gasteiger partial charge in [-0.15, -0.1) is 0 Å². The van der Waals surface area contributed by atoms with Crippen LogP contribution in [0.5, 0.6) is 11.5 Å². The number of carbonyl (C=O) groups excluding carboxylic acids is 1. The summed E-state index contributed by atoms with van der Waals surface area (Å²) in [5, 5.41) is 3.82. The van der Waals surface area contributed by atoms with E-state index in [-0.39, 0.29) is 16.4 Å². The van der Waals surface area contributed by atoms with Gasteiger partial charge in [0.25, 0.3) is 10.0 Å². The van der Waals surface area contributed by atoms with Gasteiger partial charge in [-0.1, -0.05) is 35.9 Å². The highest BCUT2D eigenvalue weighted by molar-refractivity contribution is 9.10. The molecule has 0 spiro atoms. The fourth-order valence-electron chi connectivity index (χ4n) is 2.58. The second-order valence-electron chi connectivity index (χ2n) is 6.46. The highest BCUT2D eigenvalue weighted by Gasteiger charge is 2.17. The number of hydrogen-bond donors (Lipinski definition) is 1. The van der Waals surface area contributed by atoms with E-state index in [4.69, 9.17) is 9.47 Å². The molecule has 0 atom stereocenters. The van der Waals surface area contributed by atoms with E-state index < -0.39 is 16.0 Å². The number of nitrogens with zero attached hydrogens (tertiary/aromatic N) is 1. The quantitative estimate of drug-likeness (QED) is 0.225. The minimum atomic E-state index is -3.79. The highest BCUT2D eigenvalue weighted by atomic mass is 79.9. The molecule has 0 aromatic heterocycles. The third-order valence-corrected chi connectivity index (χ3v) is 6.00. The standard InChI is InChI=1S/C22H19BrN2O5S/c1-15-8-10-18(11-9-15)31(27,28)25-24-14-16-12-19(23)21(20(13-16)29-2)30-22(26)17-6-4-3-5-7-17/h3-14,25H,1-2H3/b24-14-. The lowest BCUT2D eigenvalue weighted by Gasteiger charge is -2.12. The highest BCUT2D eigenvalue weighted by Crippen LogP contribution is 2.36. The van der Waals surface area contributed by atoms with Gasteiger partial charge in [0.15, 0.2) is 11.5 Å². The Labute approximate surface area is 188 Å². The molecule has 0 fully saturated rings. The van der Waals surface area contributed by atoms with Gasteiger partial charge in [0.05, 0.1) is 28.3 Å². The maximum Gasteiger partial charge on any atom is 0.343 e. The average Bonchev–Trinajstić information content (AvgIpc) is 2.76. The van der Waals surface area contributed by atoms with Gasteiger partial charge in [-0.3, -0.25) is 0 Å². The summed E-state index contributed by atoms with van der Waals surface area (Å²) in [4.78, 5) is 14.6. The van der Waals surface area contributed by atoms with Crippen molar-refractivity contribution in [3.63, 3.8) is 0 Å². The molecule has 0 amide bonds. The fraction of sp³-hybridized carbons (Fsp3) is 0.0909. The number of sulfonamides is 1. The third kappa shape index (κ3) is 5.71. The van der Waals surface area contributed by atoms with Crippen molar-refractivity contribution < 1.29 is 22.7 Å². The van der Waals surface area contributed by atoms with Crippen molar-refractivity contribution >= 4 is 38.1 Å². The van der Waals surface area contributed by atoms with Crippen molar-refractivity contribution in [2.24, 2.45) is 5.10 Å². The van der Waals surface area contributed by atoms with Crippen LogP contribution in [-0.2, 0) is 10.0 Å². The van der Waals surface area contributed by atoms with Crippen molar-refractivity contribution in [3.05, 3.63) is 87.9 Å². The Kier molecular flexibility index (Phi) is 7.09. The molecule has 0 aliphatic rings. The van der Waals surface area contributed by atoms with Crippen LogP contribution in [0.4, 0.5) is 0 Å². The molecule has 160 valence electrons. The Morgan fingerprint density at radius 2 is 1.74 bits per heavy atom. The molecule has 0 heterocycles. The summed E-state index contributed by atoms with van der Waals surface area (Å²) >= 11 is 3.36. The molecule has 3 aromatic rings. The Bertz CT molecular complexity index is 1210. The van der Waals surface area contributed by atoms with Crippen LogP contribution in [0, 0.1) is 6.92 Å². The first kappa shape index (κ1) is 22.5. The summed E-state index contributed by atoms with van der Waals surface area (Å²) in [7, 11) is -2.35. The fourth-order valence-corrected chi connectivity index (χ4v) is 3.91. The molecule has 31 heavy (non-hydrogen) atoms. The topological polar surface area (TPSA) is 94.1 Å². The number of methoxy groups -OCH3 is 1. The monoisotopic (exact) mass is 502 g/mol. The number of nitrogens with one attached hydrogen (secondary N) is 1. The van der Waals surface area contributed by atoms with E-state index in [1.807, 2.05) is 6.92 Å². The summed E-state index contributed by atoms with van der Waals surface area (Å²) in [6.45, 7) is 1.87. The zero-order chi connectivity index (χ0) is 22.4. The van der Waals surface area contributed by atoms with Gasteiger partial charge in [-0.25, -0.2) is 9.63 Å². The first-order valence-electron chi connectivity index (χ1n) is 9.06. The van der Waals surface area contributed by atoms with Gasteiger partial charge >= 0.3 is 5.97 Å². The lowest BCUT2D eigenvalue weighted by molar-refractivity contribution is 0.0728. The molecule has 0 bridgehead atoms. The van der Waals surface area contributed by atoms with Crippen LogP contribution in [0.15, 0.2) is 81.2 Å². The Morgan fingerprint density at radius 3 is 2.39 bits per heavy atom. The van der Waals surface area contributed by atoms with Gasteiger partial charge in [0.2, 0.25) is 0 Å². The second kappa shape index (κ2) is 9.76. The summed E-state index contributed by atoms with van der Waals surface area (Å²) in [6, 6.07) is 18.2. The van der Waals surface area contributed by atoms with Crippen molar-refractivity contribution in [1.82, 2.24) is 4.83 Å². The Hall–Kier alpha value is -3.17. The average molecular weight is 503 g/mol. The number of rotatable bonds is 7. The SMILES string of the molecule is COc1cc(/C=N\NS(=O)(=O)c2ccc(C)cc2)cc(Br)c1OC(=O)c1ccccc1. The van der Waals surface area contributed by atoms with E-state index in [2.05, 4.69) is 25.9 Å². The molecule has 3 aromatic carbocycles. The predicted molar refractivity (Wildman–Crippen MR) is 121 cm³/mol. The largest absolute Gasteiger partial charge is 0.493 e. The lowest BCUT2D eigenvalue weighted by Crippen LogP contribution is -2.18. The second-order valence-corrected chi connectivity index (χ2v) is 8.97. The molecule has 1 N–H and O–H groups in total. The molecule has 9 heteroatoms. The van der Waals surface area contributed by atoms with Gasteiger partial charge in [0, 0.05) is 0 Å². The van der Waals surface area contributed by atoms with E-state index in [0.29, 0.717) is 15.6 Å². The first-order chi connectivity index (χ1) is 14.8. The number of aryl methyl sites for hydroxylation is 1. The van der Waals surface area contributed by atoms with Gasteiger partial charge in [-0.2, -0.15) is 13.5 Å². The Balaban J connectivity index is 1.78. The van der Waals surface area contributed by atoms with Crippen molar-refractivity contribution in [2.45, 2.75) is 11.8 Å². The van der Waals surface area contributed by atoms with Crippen LogP contribution in [0.2, 0.25) is 0 Å². The van der Waals surface area contributed by atoms with Crippen LogP contribution in [0.1, 0.15) is 21.5 Å². The summed E-state index contributed by atoms with van der Waals surface area (Å²) < 4.78 is 35.9. The van der Waals surface area contributed by atoms with Crippen molar-refractivity contribution in [1.29, 1.82) is 0 Å². The van der Waals surface area contributed by atoms with Gasteiger partial charge < -0.3 is 9.47 Å². The molecule has 0 aliphatic heterocycles. The molecule has 0 aliphatic carbocycles. The van der Waals surface area contributed by atoms with Crippen LogP contribution < -0.4 is 14.3 Å². The molecular weight excluding hydrogens is 484 g/mol. The molecule has 0 radical (unpaired) electrons. The van der Waals surface area contributed by atoms with E-state index in [9.17, 15) is 13.2 Å². The zero-order valence-corrected chi connectivity index (χ0v) is 19.1. The number of halogens is 1. The number of esters is 1. The first-order valence-corrected chi connectivity index (χ1v) is 11.3.